The van der Waals surface area contributed by atoms with Crippen molar-refractivity contribution in [3.63, 3.8) is 0 Å². The van der Waals surface area contributed by atoms with Crippen LogP contribution in [0.1, 0.15) is 32.1 Å². The molecule has 106 valence electrons. The summed E-state index contributed by atoms with van der Waals surface area (Å²) < 4.78 is 0. The molecule has 6 heteroatoms. The van der Waals surface area contributed by atoms with E-state index in [2.05, 4.69) is 5.32 Å². The van der Waals surface area contributed by atoms with Crippen LogP contribution in [0.15, 0.2) is 0 Å². The van der Waals surface area contributed by atoms with Gasteiger partial charge in [0.05, 0.1) is 18.4 Å². The summed E-state index contributed by atoms with van der Waals surface area (Å²) in [4.78, 5) is 24.0. The molecule has 2 amide bonds. The van der Waals surface area contributed by atoms with Gasteiger partial charge in [0.15, 0.2) is 0 Å². The Morgan fingerprint density at radius 1 is 1.37 bits per heavy atom. The van der Waals surface area contributed by atoms with Crippen molar-refractivity contribution >= 4 is 12.0 Å². The molecular formula is C13H21N3O3. The van der Waals surface area contributed by atoms with Crippen molar-refractivity contribution in [2.24, 2.45) is 11.8 Å². The topological polar surface area (TPSA) is 93.4 Å². The third-order valence-corrected chi connectivity index (χ3v) is 3.64. The summed E-state index contributed by atoms with van der Waals surface area (Å²) in [5.74, 6) is -0.562. The average molecular weight is 267 g/mol. The van der Waals surface area contributed by atoms with E-state index in [1.807, 2.05) is 6.07 Å². The smallest absolute Gasteiger partial charge is 0.317 e. The molecule has 0 radical (unpaired) electrons. The molecule has 0 bridgehead atoms. The fraction of sp³-hybridized carbons (Fsp3) is 0.769. The van der Waals surface area contributed by atoms with Crippen LogP contribution in [0.5, 0.6) is 0 Å². The maximum absolute atomic E-state index is 11.7. The predicted octanol–water partition coefficient (Wildman–Crippen LogP) is 1.43. The van der Waals surface area contributed by atoms with Gasteiger partial charge in [0, 0.05) is 20.1 Å². The number of hydrogen-bond donors (Lipinski definition) is 2. The molecule has 0 aromatic heterocycles. The first kappa shape index (κ1) is 15.3. The Balaban J connectivity index is 2.21. The zero-order valence-corrected chi connectivity index (χ0v) is 11.3. The number of carboxylic acid groups (broad SMARTS) is 1. The maximum atomic E-state index is 11.7. The second-order valence-corrected chi connectivity index (χ2v) is 5.07. The number of nitrogens with one attached hydrogen (secondary N) is 1. The number of amides is 2. The van der Waals surface area contributed by atoms with Gasteiger partial charge in [0.25, 0.3) is 0 Å². The molecule has 0 aromatic carbocycles. The van der Waals surface area contributed by atoms with Crippen LogP contribution in [0.4, 0.5) is 4.79 Å². The third kappa shape index (κ3) is 5.16. The van der Waals surface area contributed by atoms with E-state index in [4.69, 9.17) is 10.4 Å². The van der Waals surface area contributed by atoms with E-state index in [9.17, 15) is 9.59 Å². The Bertz CT molecular complexity index is 357. The fourth-order valence-electron chi connectivity index (χ4n) is 2.30. The highest BCUT2D eigenvalue weighted by atomic mass is 16.4. The molecule has 0 heterocycles. The molecule has 19 heavy (non-hydrogen) atoms. The molecule has 1 fully saturated rings. The van der Waals surface area contributed by atoms with Crippen molar-refractivity contribution in [1.29, 1.82) is 5.26 Å². The number of urea groups is 1. The van der Waals surface area contributed by atoms with Gasteiger partial charge in [0.1, 0.15) is 0 Å². The van der Waals surface area contributed by atoms with Gasteiger partial charge in [-0.25, -0.2) is 4.79 Å². The number of hydrogen-bond acceptors (Lipinski definition) is 3. The molecule has 1 saturated carbocycles. The molecular weight excluding hydrogens is 246 g/mol. The SMILES string of the molecule is CN(CCC#N)C(=O)NCC1CCC(C(=O)O)CC1. The lowest BCUT2D eigenvalue weighted by atomic mass is 9.82. The lowest BCUT2D eigenvalue weighted by Crippen LogP contribution is -2.40. The Kier molecular flexibility index (Phi) is 6.13. The third-order valence-electron chi connectivity index (χ3n) is 3.64. The number of nitrogens with zero attached hydrogens (tertiary/aromatic N) is 2. The first-order chi connectivity index (χ1) is 9.04. The van der Waals surface area contributed by atoms with Gasteiger partial charge < -0.3 is 15.3 Å². The highest BCUT2D eigenvalue weighted by molar-refractivity contribution is 5.73. The van der Waals surface area contributed by atoms with Gasteiger partial charge in [-0.15, -0.1) is 0 Å². The van der Waals surface area contributed by atoms with Crippen LogP contribution in [0.25, 0.3) is 0 Å². The minimum atomic E-state index is -0.710. The quantitative estimate of drug-likeness (QED) is 0.788. The van der Waals surface area contributed by atoms with Gasteiger partial charge in [-0.2, -0.15) is 5.26 Å². The molecule has 0 unspecified atom stereocenters. The zero-order valence-electron chi connectivity index (χ0n) is 11.3. The molecule has 0 saturated heterocycles. The summed E-state index contributed by atoms with van der Waals surface area (Å²) in [6.45, 7) is 1.01. The summed E-state index contributed by atoms with van der Waals surface area (Å²) in [7, 11) is 1.66. The molecule has 0 aliphatic heterocycles. The zero-order chi connectivity index (χ0) is 14.3. The molecule has 2 N–H and O–H groups in total. The van der Waals surface area contributed by atoms with Gasteiger partial charge in [-0.1, -0.05) is 0 Å². The highest BCUT2D eigenvalue weighted by Crippen LogP contribution is 2.28. The van der Waals surface area contributed by atoms with E-state index < -0.39 is 5.97 Å². The van der Waals surface area contributed by atoms with Crippen LogP contribution in [-0.2, 0) is 4.79 Å². The van der Waals surface area contributed by atoms with E-state index >= 15 is 0 Å². The number of aliphatic carboxylic acids is 1. The van der Waals surface area contributed by atoms with E-state index in [1.54, 1.807) is 7.05 Å². The molecule has 0 aromatic rings. The first-order valence-corrected chi connectivity index (χ1v) is 6.63. The summed E-state index contributed by atoms with van der Waals surface area (Å²) in [5.41, 5.74) is 0. The minimum Gasteiger partial charge on any atom is -0.481 e. The largest absolute Gasteiger partial charge is 0.481 e. The summed E-state index contributed by atoms with van der Waals surface area (Å²) in [6.07, 6.45) is 3.41. The first-order valence-electron chi connectivity index (χ1n) is 6.63. The van der Waals surface area contributed by atoms with Crippen molar-refractivity contribution in [2.75, 3.05) is 20.1 Å². The number of nitriles is 1. The average Bonchev–Trinajstić information content (AvgIpc) is 2.42. The number of carbonyl (C=O) groups is 2. The standard InChI is InChI=1S/C13H21N3O3/c1-16(8-2-7-14)13(19)15-9-10-3-5-11(6-4-10)12(17)18/h10-11H,2-6,8-9H2,1H3,(H,15,19)(H,17,18). The molecule has 1 rings (SSSR count). The van der Waals surface area contributed by atoms with E-state index in [-0.39, 0.29) is 11.9 Å². The number of carbonyl (C=O) groups excluding carboxylic acids is 1. The summed E-state index contributed by atoms with van der Waals surface area (Å²) in [5, 5.41) is 20.2. The number of rotatable bonds is 5. The molecule has 1 aliphatic rings. The van der Waals surface area contributed by atoms with Crippen LogP contribution < -0.4 is 5.32 Å². The molecule has 0 atom stereocenters. The molecule has 1 aliphatic carbocycles. The second kappa shape index (κ2) is 7.62. The van der Waals surface area contributed by atoms with Crippen LogP contribution >= 0.6 is 0 Å². The minimum absolute atomic E-state index is 0.171. The van der Waals surface area contributed by atoms with Gasteiger partial charge in [0.2, 0.25) is 0 Å². The Labute approximate surface area is 113 Å². The van der Waals surface area contributed by atoms with Gasteiger partial charge >= 0.3 is 12.0 Å². The van der Waals surface area contributed by atoms with Crippen molar-refractivity contribution in [1.82, 2.24) is 10.2 Å². The van der Waals surface area contributed by atoms with Crippen molar-refractivity contribution in [2.45, 2.75) is 32.1 Å². The molecule has 6 nitrogen and oxygen atoms in total. The van der Waals surface area contributed by atoms with Crippen LogP contribution in [0, 0.1) is 23.2 Å². The van der Waals surface area contributed by atoms with Crippen LogP contribution in [-0.4, -0.2) is 42.1 Å². The summed E-state index contributed by atoms with van der Waals surface area (Å²) >= 11 is 0. The van der Waals surface area contributed by atoms with E-state index in [0.717, 1.165) is 12.8 Å². The Morgan fingerprint density at radius 2 is 2.00 bits per heavy atom. The Hall–Kier alpha value is -1.77. The molecule has 0 spiro atoms. The maximum Gasteiger partial charge on any atom is 0.317 e. The summed E-state index contributed by atoms with van der Waals surface area (Å²) in [6, 6.07) is 1.83. The lowest BCUT2D eigenvalue weighted by molar-refractivity contribution is -0.143. The van der Waals surface area contributed by atoms with Crippen molar-refractivity contribution < 1.29 is 14.7 Å². The number of carboxylic acids is 1. The Morgan fingerprint density at radius 3 is 2.53 bits per heavy atom. The van der Waals surface area contributed by atoms with Crippen LogP contribution in [0.3, 0.4) is 0 Å². The second-order valence-electron chi connectivity index (χ2n) is 5.07. The van der Waals surface area contributed by atoms with Crippen molar-refractivity contribution in [3.8, 4) is 6.07 Å². The van der Waals surface area contributed by atoms with E-state index in [0.29, 0.717) is 38.3 Å². The lowest BCUT2D eigenvalue weighted by Gasteiger charge is -2.27. The highest BCUT2D eigenvalue weighted by Gasteiger charge is 2.26. The van der Waals surface area contributed by atoms with Gasteiger partial charge in [-0.3, -0.25) is 4.79 Å². The van der Waals surface area contributed by atoms with Crippen LogP contribution in [0.2, 0.25) is 0 Å². The van der Waals surface area contributed by atoms with Crippen molar-refractivity contribution in [3.05, 3.63) is 0 Å². The predicted molar refractivity (Wildman–Crippen MR) is 69.3 cm³/mol. The van der Waals surface area contributed by atoms with Gasteiger partial charge in [-0.05, 0) is 31.6 Å². The normalized spacial score (nSPS) is 22.3. The fourth-order valence-corrected chi connectivity index (χ4v) is 2.30. The van der Waals surface area contributed by atoms with E-state index in [1.165, 1.54) is 4.90 Å². The monoisotopic (exact) mass is 267 g/mol.